The number of hydrogen-bond acceptors (Lipinski definition) is 5. The number of ether oxygens (including phenoxy) is 1. The average molecular weight is 271 g/mol. The van der Waals surface area contributed by atoms with Gasteiger partial charge >= 0.3 is 5.97 Å². The van der Waals surface area contributed by atoms with Gasteiger partial charge in [-0.25, -0.2) is 4.79 Å². The first kappa shape index (κ1) is 13.9. The third-order valence-corrected chi connectivity index (χ3v) is 2.88. The summed E-state index contributed by atoms with van der Waals surface area (Å²) in [6.07, 6.45) is 1.72. The summed E-state index contributed by atoms with van der Waals surface area (Å²) in [5, 5.41) is 3.18. The molecule has 0 atom stereocenters. The standard InChI is InChI=1S/C15H17N3O2/c1-3-20-15(19)11-6-4-7-13(14(11)16)18-12-8-5-9-17-10(12)2/h4-9,18H,3,16H2,1-2H3. The number of aryl methyl sites for hydroxylation is 1. The molecule has 1 aromatic carbocycles. The predicted molar refractivity (Wildman–Crippen MR) is 79.1 cm³/mol. The lowest BCUT2D eigenvalue weighted by atomic mass is 10.1. The van der Waals surface area contributed by atoms with Gasteiger partial charge in [0.05, 0.1) is 34.9 Å². The molecule has 5 nitrogen and oxygen atoms in total. The lowest BCUT2D eigenvalue weighted by Gasteiger charge is -2.13. The molecule has 0 radical (unpaired) electrons. The quantitative estimate of drug-likeness (QED) is 0.660. The number of nitrogen functional groups attached to an aromatic ring is 1. The first-order chi connectivity index (χ1) is 9.63. The van der Waals surface area contributed by atoms with Crippen LogP contribution in [0.1, 0.15) is 23.0 Å². The fourth-order valence-corrected chi connectivity index (χ4v) is 1.82. The van der Waals surface area contributed by atoms with Gasteiger partial charge in [0.2, 0.25) is 0 Å². The molecule has 0 spiro atoms. The number of pyridine rings is 1. The van der Waals surface area contributed by atoms with Gasteiger partial charge < -0.3 is 15.8 Å². The number of nitrogens with zero attached hydrogens (tertiary/aromatic N) is 1. The third kappa shape index (κ3) is 2.88. The summed E-state index contributed by atoms with van der Waals surface area (Å²) in [4.78, 5) is 16.0. The van der Waals surface area contributed by atoms with Crippen LogP contribution in [0.4, 0.5) is 17.1 Å². The summed E-state index contributed by atoms with van der Waals surface area (Å²) in [5.74, 6) is -0.420. The number of para-hydroxylation sites is 1. The van der Waals surface area contributed by atoms with Gasteiger partial charge in [0, 0.05) is 6.20 Å². The maximum absolute atomic E-state index is 11.8. The number of benzene rings is 1. The van der Waals surface area contributed by atoms with Crippen molar-refractivity contribution in [3.63, 3.8) is 0 Å². The van der Waals surface area contributed by atoms with Crippen LogP contribution in [0.5, 0.6) is 0 Å². The number of carbonyl (C=O) groups is 1. The van der Waals surface area contributed by atoms with E-state index in [9.17, 15) is 4.79 Å². The average Bonchev–Trinajstić information content (AvgIpc) is 2.43. The molecule has 0 aliphatic rings. The van der Waals surface area contributed by atoms with Crippen molar-refractivity contribution in [1.29, 1.82) is 0 Å². The molecule has 0 fully saturated rings. The zero-order chi connectivity index (χ0) is 14.5. The van der Waals surface area contributed by atoms with Crippen molar-refractivity contribution in [3.05, 3.63) is 47.8 Å². The monoisotopic (exact) mass is 271 g/mol. The molecule has 20 heavy (non-hydrogen) atoms. The Bertz CT molecular complexity index is 626. The number of aromatic nitrogens is 1. The number of esters is 1. The van der Waals surface area contributed by atoms with E-state index in [-0.39, 0.29) is 0 Å². The van der Waals surface area contributed by atoms with Gasteiger partial charge in [0.1, 0.15) is 0 Å². The Hall–Kier alpha value is -2.56. The third-order valence-electron chi connectivity index (χ3n) is 2.88. The summed E-state index contributed by atoms with van der Waals surface area (Å²) in [5.41, 5.74) is 9.12. The highest BCUT2D eigenvalue weighted by atomic mass is 16.5. The molecule has 5 heteroatoms. The van der Waals surface area contributed by atoms with Gasteiger partial charge in [0.25, 0.3) is 0 Å². The van der Waals surface area contributed by atoms with Crippen LogP contribution < -0.4 is 11.1 Å². The van der Waals surface area contributed by atoms with E-state index in [4.69, 9.17) is 10.5 Å². The van der Waals surface area contributed by atoms with Crippen LogP contribution in [0.2, 0.25) is 0 Å². The molecular formula is C15H17N3O2. The Morgan fingerprint density at radius 3 is 2.75 bits per heavy atom. The topological polar surface area (TPSA) is 77.2 Å². The summed E-state index contributed by atoms with van der Waals surface area (Å²) < 4.78 is 4.98. The molecule has 1 aromatic heterocycles. The van der Waals surface area contributed by atoms with Crippen LogP contribution in [-0.4, -0.2) is 17.6 Å². The molecule has 1 heterocycles. The fraction of sp³-hybridized carbons (Fsp3) is 0.200. The van der Waals surface area contributed by atoms with Gasteiger partial charge in [-0.15, -0.1) is 0 Å². The van der Waals surface area contributed by atoms with Crippen molar-refractivity contribution < 1.29 is 9.53 Å². The first-order valence-electron chi connectivity index (χ1n) is 6.37. The zero-order valence-electron chi connectivity index (χ0n) is 11.5. The number of nitrogens with one attached hydrogen (secondary N) is 1. The summed E-state index contributed by atoms with van der Waals surface area (Å²) in [7, 11) is 0. The van der Waals surface area contributed by atoms with Gasteiger partial charge in [-0.3, -0.25) is 4.98 Å². The van der Waals surface area contributed by atoms with E-state index in [1.807, 2.05) is 25.1 Å². The largest absolute Gasteiger partial charge is 0.462 e. The van der Waals surface area contributed by atoms with Crippen molar-refractivity contribution in [2.24, 2.45) is 0 Å². The Labute approximate surface area is 117 Å². The van der Waals surface area contributed by atoms with Crippen molar-refractivity contribution in [1.82, 2.24) is 4.98 Å². The highest BCUT2D eigenvalue weighted by molar-refractivity contribution is 5.98. The minimum Gasteiger partial charge on any atom is -0.462 e. The van der Waals surface area contributed by atoms with Crippen LogP contribution in [-0.2, 0) is 4.74 Å². The van der Waals surface area contributed by atoms with E-state index in [0.717, 1.165) is 11.4 Å². The predicted octanol–water partition coefficient (Wildman–Crippen LogP) is 2.89. The summed E-state index contributed by atoms with van der Waals surface area (Å²) in [6, 6.07) is 8.95. The lowest BCUT2D eigenvalue weighted by molar-refractivity contribution is 0.0527. The maximum atomic E-state index is 11.8. The van der Waals surface area contributed by atoms with Crippen LogP contribution in [0, 0.1) is 6.92 Å². The van der Waals surface area contributed by atoms with Gasteiger partial charge in [-0.2, -0.15) is 0 Å². The normalized spacial score (nSPS) is 10.1. The molecule has 0 amide bonds. The molecule has 104 valence electrons. The van der Waals surface area contributed by atoms with Crippen molar-refractivity contribution in [2.45, 2.75) is 13.8 Å². The van der Waals surface area contributed by atoms with E-state index < -0.39 is 5.97 Å². The molecule has 0 aliphatic heterocycles. The first-order valence-corrected chi connectivity index (χ1v) is 6.37. The Kier molecular flexibility index (Phi) is 4.20. The minimum atomic E-state index is -0.420. The van der Waals surface area contributed by atoms with E-state index in [0.29, 0.717) is 23.5 Å². The van der Waals surface area contributed by atoms with Crippen LogP contribution in [0.3, 0.4) is 0 Å². The highest BCUT2D eigenvalue weighted by Crippen LogP contribution is 2.27. The summed E-state index contributed by atoms with van der Waals surface area (Å²) in [6.45, 7) is 3.97. The molecule has 2 rings (SSSR count). The molecule has 0 bridgehead atoms. The fourth-order valence-electron chi connectivity index (χ4n) is 1.82. The second-order valence-corrected chi connectivity index (χ2v) is 4.25. The molecule has 2 aromatic rings. The molecule has 0 unspecified atom stereocenters. The summed E-state index contributed by atoms with van der Waals surface area (Å²) >= 11 is 0. The van der Waals surface area contributed by atoms with Crippen LogP contribution in [0.25, 0.3) is 0 Å². The number of hydrogen-bond donors (Lipinski definition) is 2. The van der Waals surface area contributed by atoms with Crippen LogP contribution >= 0.6 is 0 Å². The number of rotatable bonds is 4. The van der Waals surface area contributed by atoms with Gasteiger partial charge in [-0.05, 0) is 38.1 Å². The van der Waals surface area contributed by atoms with Gasteiger partial charge in [-0.1, -0.05) is 6.07 Å². The Balaban J connectivity index is 2.32. The van der Waals surface area contributed by atoms with E-state index in [1.54, 1.807) is 25.3 Å². The second-order valence-electron chi connectivity index (χ2n) is 4.25. The molecule has 0 saturated carbocycles. The molecule has 0 saturated heterocycles. The SMILES string of the molecule is CCOC(=O)c1cccc(Nc2cccnc2C)c1N. The van der Waals surface area contributed by atoms with E-state index in [1.165, 1.54) is 0 Å². The molecule has 3 N–H and O–H groups in total. The Morgan fingerprint density at radius 1 is 1.30 bits per heavy atom. The van der Waals surface area contributed by atoms with E-state index >= 15 is 0 Å². The minimum absolute atomic E-state index is 0.317. The molecular weight excluding hydrogens is 254 g/mol. The van der Waals surface area contributed by atoms with Crippen LogP contribution in [0.15, 0.2) is 36.5 Å². The second kappa shape index (κ2) is 6.06. The zero-order valence-corrected chi connectivity index (χ0v) is 11.5. The molecule has 0 aliphatic carbocycles. The number of anilines is 3. The van der Waals surface area contributed by atoms with Crippen molar-refractivity contribution in [3.8, 4) is 0 Å². The lowest BCUT2D eigenvalue weighted by Crippen LogP contribution is -2.09. The van der Waals surface area contributed by atoms with E-state index in [2.05, 4.69) is 10.3 Å². The maximum Gasteiger partial charge on any atom is 0.340 e. The number of carbonyl (C=O) groups excluding carboxylic acids is 1. The Morgan fingerprint density at radius 2 is 2.05 bits per heavy atom. The highest BCUT2D eigenvalue weighted by Gasteiger charge is 2.13. The van der Waals surface area contributed by atoms with Crippen molar-refractivity contribution >= 4 is 23.0 Å². The smallest absolute Gasteiger partial charge is 0.340 e. The van der Waals surface area contributed by atoms with Gasteiger partial charge in [0.15, 0.2) is 0 Å². The number of nitrogens with two attached hydrogens (primary N) is 1. The van der Waals surface area contributed by atoms with Crippen molar-refractivity contribution in [2.75, 3.05) is 17.7 Å².